The summed E-state index contributed by atoms with van der Waals surface area (Å²) in [5, 5.41) is 2.64. The van der Waals surface area contributed by atoms with E-state index in [4.69, 9.17) is 4.74 Å². The highest BCUT2D eigenvalue weighted by atomic mass is 32.2. The van der Waals surface area contributed by atoms with Gasteiger partial charge in [0, 0.05) is 54.5 Å². The second-order valence-electron chi connectivity index (χ2n) is 10.1. The molecule has 0 spiro atoms. The zero-order valence-electron chi connectivity index (χ0n) is 21.9. The minimum atomic E-state index is -3.44. The molecule has 9 nitrogen and oxygen atoms in total. The lowest BCUT2D eigenvalue weighted by Crippen LogP contribution is -2.34. The van der Waals surface area contributed by atoms with Gasteiger partial charge in [-0.3, -0.25) is 14.6 Å². The molecule has 1 amide bonds. The van der Waals surface area contributed by atoms with Gasteiger partial charge < -0.3 is 14.6 Å². The van der Waals surface area contributed by atoms with Crippen molar-refractivity contribution in [3.8, 4) is 16.9 Å². The van der Waals surface area contributed by atoms with Crippen molar-refractivity contribution in [2.45, 2.75) is 33.4 Å². The number of carbonyl (C=O) groups is 2. The molecule has 3 aromatic rings. The minimum absolute atomic E-state index is 0.0900. The molecule has 0 aliphatic carbocycles. The maximum Gasteiger partial charge on any atom is 0.412 e. The Bertz CT molecular complexity index is 1520. The fourth-order valence-electron chi connectivity index (χ4n) is 3.44. The fraction of sp³-hybridized carbons (Fsp3) is 0.333. The Balaban J connectivity index is 2.18. The van der Waals surface area contributed by atoms with E-state index in [1.807, 2.05) is 20.8 Å². The molecule has 0 saturated heterocycles. The van der Waals surface area contributed by atoms with Gasteiger partial charge in [-0.1, -0.05) is 27.7 Å². The van der Waals surface area contributed by atoms with Gasteiger partial charge in [-0.15, -0.1) is 0 Å². The molecule has 3 rings (SSSR count). The van der Waals surface area contributed by atoms with Crippen molar-refractivity contribution < 1.29 is 27.1 Å². The van der Waals surface area contributed by atoms with Crippen molar-refractivity contribution in [3.05, 3.63) is 81.8 Å². The molecule has 2 aromatic heterocycles. The Morgan fingerprint density at radius 2 is 1.76 bits per heavy atom. The van der Waals surface area contributed by atoms with E-state index >= 15 is 0 Å². The Hall–Kier alpha value is -3.86. The fourth-order valence-corrected chi connectivity index (χ4v) is 4.31. The molecule has 11 heteroatoms. The molecule has 38 heavy (non-hydrogen) atoms. The van der Waals surface area contributed by atoms with Crippen LogP contribution in [0.1, 0.15) is 49.3 Å². The third-order valence-corrected chi connectivity index (χ3v) is 7.19. The number of carbonyl (C=O) groups excluding carboxylic acids is 2. The normalized spacial score (nSPS) is 11.7. The topological polar surface area (TPSA) is 124 Å². The van der Waals surface area contributed by atoms with E-state index in [9.17, 15) is 27.2 Å². The summed E-state index contributed by atoms with van der Waals surface area (Å²) in [5.74, 6) is -1.65. The van der Waals surface area contributed by atoms with Crippen molar-refractivity contribution in [3.63, 3.8) is 0 Å². The zero-order valence-corrected chi connectivity index (χ0v) is 22.7. The number of hydrogen-bond donors (Lipinski definition) is 1. The van der Waals surface area contributed by atoms with Gasteiger partial charge in [-0.25, -0.2) is 17.6 Å². The number of hydrogen-bond acceptors (Lipinski definition) is 7. The standard InChI is InChI=1S/C27H30FN3O6S/c1-6-38(35,36)15-17-11-20(24(29-13-17)25(33)18-7-9-19(28)10-8-18)21-14-31(5)23(32)12-22(21)37-26(34)30-16-27(2,3)4/h7-14H,6,15-16H2,1-5H3,(H,30,34). The molecule has 202 valence electrons. The van der Waals surface area contributed by atoms with Crippen molar-refractivity contribution in [2.75, 3.05) is 12.3 Å². The van der Waals surface area contributed by atoms with Gasteiger partial charge >= 0.3 is 6.09 Å². The summed E-state index contributed by atoms with van der Waals surface area (Å²) in [4.78, 5) is 42.7. The molecule has 0 fully saturated rings. The number of nitrogens with zero attached hydrogens (tertiary/aromatic N) is 2. The van der Waals surface area contributed by atoms with Crippen LogP contribution in [0.25, 0.3) is 11.1 Å². The maximum absolute atomic E-state index is 13.5. The summed E-state index contributed by atoms with van der Waals surface area (Å²) < 4.78 is 44.8. The number of pyridine rings is 2. The van der Waals surface area contributed by atoms with Crippen LogP contribution in [0.3, 0.4) is 0 Å². The molecular weight excluding hydrogens is 513 g/mol. The van der Waals surface area contributed by atoms with Crippen LogP contribution >= 0.6 is 0 Å². The number of nitrogens with one attached hydrogen (secondary N) is 1. The quantitative estimate of drug-likeness (QED) is 0.428. The number of aromatic nitrogens is 2. The van der Waals surface area contributed by atoms with Crippen molar-refractivity contribution >= 4 is 21.7 Å². The minimum Gasteiger partial charge on any atom is -0.409 e. The first-order chi connectivity index (χ1) is 17.7. The third-order valence-electron chi connectivity index (χ3n) is 5.54. The average molecular weight is 544 g/mol. The number of amides is 1. The molecule has 1 N–H and O–H groups in total. The summed E-state index contributed by atoms with van der Waals surface area (Å²) in [6.07, 6.45) is 1.86. The number of aryl methyl sites for hydroxylation is 1. The second-order valence-corrected chi connectivity index (χ2v) is 12.4. The highest BCUT2D eigenvalue weighted by molar-refractivity contribution is 7.90. The number of benzene rings is 1. The highest BCUT2D eigenvalue weighted by Crippen LogP contribution is 2.33. The first kappa shape index (κ1) is 28.7. The van der Waals surface area contributed by atoms with Crippen LogP contribution in [-0.4, -0.2) is 42.1 Å². The van der Waals surface area contributed by atoms with E-state index in [0.717, 1.165) is 18.2 Å². The molecule has 0 aliphatic heterocycles. The van der Waals surface area contributed by atoms with Crippen molar-refractivity contribution in [1.29, 1.82) is 0 Å². The van der Waals surface area contributed by atoms with Crippen LogP contribution in [0.2, 0.25) is 0 Å². The summed E-state index contributed by atoms with van der Waals surface area (Å²) in [6, 6.07) is 7.45. The zero-order chi connectivity index (χ0) is 28.3. The van der Waals surface area contributed by atoms with Gasteiger partial charge in [0.05, 0.1) is 5.75 Å². The Kier molecular flexibility index (Phi) is 8.51. The number of rotatable bonds is 8. The monoisotopic (exact) mass is 543 g/mol. The van der Waals surface area contributed by atoms with E-state index < -0.39 is 33.1 Å². The van der Waals surface area contributed by atoms with Crippen molar-refractivity contribution in [2.24, 2.45) is 12.5 Å². The summed E-state index contributed by atoms with van der Waals surface area (Å²) in [6.45, 7) is 7.58. The van der Waals surface area contributed by atoms with Crippen LogP contribution < -0.4 is 15.6 Å². The molecule has 0 atom stereocenters. The molecule has 0 unspecified atom stereocenters. The van der Waals surface area contributed by atoms with Gasteiger partial charge in [0.2, 0.25) is 5.78 Å². The SMILES string of the molecule is CCS(=O)(=O)Cc1cnc(C(=O)c2ccc(F)cc2)c(-c2cn(C)c(=O)cc2OC(=O)NCC(C)(C)C)c1. The van der Waals surface area contributed by atoms with Gasteiger partial charge in [-0.2, -0.15) is 0 Å². The third kappa shape index (κ3) is 7.34. The number of sulfone groups is 1. The highest BCUT2D eigenvalue weighted by Gasteiger charge is 2.23. The van der Waals surface area contributed by atoms with Crippen molar-refractivity contribution in [1.82, 2.24) is 14.9 Å². The first-order valence-corrected chi connectivity index (χ1v) is 13.7. The summed E-state index contributed by atoms with van der Waals surface area (Å²) in [7, 11) is -1.96. The van der Waals surface area contributed by atoms with Gasteiger partial charge in [0.1, 0.15) is 17.3 Å². The summed E-state index contributed by atoms with van der Waals surface area (Å²) >= 11 is 0. The number of ketones is 1. The Morgan fingerprint density at radius 3 is 2.37 bits per heavy atom. The first-order valence-electron chi connectivity index (χ1n) is 11.9. The van der Waals surface area contributed by atoms with Crippen LogP contribution in [0.4, 0.5) is 9.18 Å². The van der Waals surface area contributed by atoms with Gasteiger partial charge in [0.25, 0.3) is 5.56 Å². The lowest BCUT2D eigenvalue weighted by molar-refractivity contribution is 0.103. The Labute approximate surface area is 220 Å². The maximum atomic E-state index is 13.5. The van der Waals surface area contributed by atoms with E-state index in [2.05, 4.69) is 10.3 Å². The smallest absolute Gasteiger partial charge is 0.409 e. The molecule has 0 radical (unpaired) electrons. The van der Waals surface area contributed by atoms with Crippen LogP contribution in [0, 0.1) is 11.2 Å². The van der Waals surface area contributed by atoms with E-state index in [0.29, 0.717) is 12.1 Å². The average Bonchev–Trinajstić information content (AvgIpc) is 2.84. The molecular formula is C27H30FN3O6S. The van der Waals surface area contributed by atoms with Gasteiger partial charge in [0.15, 0.2) is 9.84 Å². The van der Waals surface area contributed by atoms with Crippen LogP contribution in [-0.2, 0) is 22.6 Å². The number of halogens is 1. The van der Waals surface area contributed by atoms with Gasteiger partial charge in [-0.05, 0) is 41.3 Å². The lowest BCUT2D eigenvalue weighted by Gasteiger charge is -2.19. The molecule has 0 saturated carbocycles. The Morgan fingerprint density at radius 1 is 1.11 bits per heavy atom. The van der Waals surface area contributed by atoms with E-state index in [-0.39, 0.29) is 45.1 Å². The molecule has 0 aliphatic rings. The number of ether oxygens (including phenoxy) is 1. The van der Waals surface area contributed by atoms with E-state index in [1.165, 1.54) is 49.1 Å². The summed E-state index contributed by atoms with van der Waals surface area (Å²) in [5.41, 5.74) is -0.0287. The second kappa shape index (κ2) is 11.3. The molecule has 0 bridgehead atoms. The predicted octanol–water partition coefficient (Wildman–Crippen LogP) is 3.89. The van der Waals surface area contributed by atoms with E-state index in [1.54, 1.807) is 0 Å². The molecule has 2 heterocycles. The lowest BCUT2D eigenvalue weighted by atomic mass is 9.97. The van der Waals surface area contributed by atoms with Crippen LogP contribution in [0.15, 0.2) is 53.6 Å². The molecule has 1 aromatic carbocycles. The predicted molar refractivity (Wildman–Crippen MR) is 141 cm³/mol. The van der Waals surface area contributed by atoms with Crippen LogP contribution in [0.5, 0.6) is 5.75 Å². The largest absolute Gasteiger partial charge is 0.412 e.